The molecule has 16 heteroatoms. The highest BCUT2D eigenvalue weighted by Crippen LogP contribution is 2.50. The maximum atomic E-state index is 15.1. The van der Waals surface area contributed by atoms with Gasteiger partial charge < -0.3 is 43.3 Å². The fourth-order valence-electron chi connectivity index (χ4n) is 12.7. The van der Waals surface area contributed by atoms with Crippen molar-refractivity contribution in [1.29, 1.82) is 0 Å². The first-order chi connectivity index (χ1) is 37.2. The van der Waals surface area contributed by atoms with Gasteiger partial charge >= 0.3 is 5.97 Å². The number of hydrogen-bond acceptors (Lipinski definition) is 14. The number of ether oxygens (including phenoxy) is 5. The van der Waals surface area contributed by atoms with Crippen molar-refractivity contribution >= 4 is 47.2 Å². The SMILES string of the molecule is CO[C@H]1C[C@@H]2CC[C@@H](C)[C@@](O)(O2)C(=O)C(=O)N2CCC[C@@H]3C(C[C@@H]4CC[C@@H](OP(=O)(c5ccccc5)c5ccccc5)[C@H](OC)C4)C(CC(=O)C(C)/C=C(\C)[C@@H](O)[C@@H](OC)C(=O)[C@H](C)CC(C)/C=C/C=C/C=C/1C)OC(=O)C32. The van der Waals surface area contributed by atoms with Crippen LogP contribution in [-0.2, 0) is 56.7 Å². The van der Waals surface area contributed by atoms with Crippen molar-refractivity contribution in [3.05, 3.63) is 108 Å². The lowest BCUT2D eigenvalue weighted by atomic mass is 9.68. The molecule has 4 aliphatic heterocycles. The topological polar surface area (TPSA) is 201 Å². The summed E-state index contributed by atoms with van der Waals surface area (Å²) in [7, 11) is 0.987. The van der Waals surface area contributed by atoms with Gasteiger partial charge in [0, 0.05) is 75.0 Å². The third-order valence-electron chi connectivity index (χ3n) is 17.4. The summed E-state index contributed by atoms with van der Waals surface area (Å²) >= 11 is 0. The van der Waals surface area contributed by atoms with Crippen molar-refractivity contribution in [3.8, 4) is 0 Å². The Labute approximate surface area is 461 Å². The molecule has 2 N–H and O–H groups in total. The Morgan fingerprint density at radius 1 is 0.769 bits per heavy atom. The van der Waals surface area contributed by atoms with Crippen molar-refractivity contribution in [1.82, 2.24) is 4.90 Å². The molecule has 15 nitrogen and oxygen atoms in total. The fraction of sp³-hybridized carbons (Fsp3) is 0.597. The van der Waals surface area contributed by atoms with Crippen molar-refractivity contribution in [2.75, 3.05) is 27.9 Å². The molecule has 0 radical (unpaired) electrons. The van der Waals surface area contributed by atoms with Gasteiger partial charge in [-0.05, 0) is 125 Å². The highest BCUT2D eigenvalue weighted by Gasteiger charge is 2.57. The highest BCUT2D eigenvalue weighted by molar-refractivity contribution is 7.74. The van der Waals surface area contributed by atoms with Crippen LogP contribution in [0.15, 0.2) is 108 Å². The molecule has 1 aliphatic carbocycles. The molecule has 0 spiro atoms. The summed E-state index contributed by atoms with van der Waals surface area (Å²) in [5.41, 5.74) is 1.25. The number of aliphatic hydroxyl groups is 2. The van der Waals surface area contributed by atoms with E-state index in [1.54, 1.807) is 41.1 Å². The molecular weight excluding hydrogens is 1010 g/mol. The summed E-state index contributed by atoms with van der Waals surface area (Å²) in [6.45, 7) is 10.8. The molecule has 4 fully saturated rings. The minimum absolute atomic E-state index is 0.00414. The zero-order valence-corrected chi connectivity index (χ0v) is 48.0. The number of aliphatic hydroxyl groups excluding tert-OH is 1. The number of nitrogens with zero attached hydrogens (tertiary/aromatic N) is 1. The number of piperidine rings is 1. The Hall–Kier alpha value is -4.70. The number of carbonyl (C=O) groups excluding carboxylic acids is 5. The Balaban J connectivity index is 1.20. The number of esters is 1. The van der Waals surface area contributed by atoms with Crippen LogP contribution in [-0.4, -0.2) is 127 Å². The van der Waals surface area contributed by atoms with Gasteiger partial charge in [0.15, 0.2) is 5.78 Å². The molecule has 4 bridgehead atoms. The standard InChI is InChI=1S/C62H84NO14P/c1-38-20-13-10-14-21-39(2)52(72-7)36-45-29-27-43(6)62(70,76-45)59(67)60(68)63-31-19-26-48-49(53(75-61(69)55(48)63)37-50(64)40(3)33-42(5)57(66)58(74-9)56(65)41(4)32-38)34-44-28-30-51(54(35-44)73-8)77-78(71,46-22-15-11-16-23-46)47-24-17-12-18-25-47/h10-18,20-25,33,38,40-41,43-45,48-49,51-55,57-58,66,70H,19,26-32,34-37H2,1-9H3/b14-10+,20-13+,39-21+,42-33+/t38?,40?,41-,43-,44+,45+,48-,49?,51-,52+,53?,54-,55?,57-,58+,62-/m1/s1. The van der Waals surface area contributed by atoms with Crippen LogP contribution in [0.4, 0.5) is 0 Å². The van der Waals surface area contributed by atoms with Crippen molar-refractivity contribution in [2.24, 2.45) is 41.4 Å². The van der Waals surface area contributed by atoms with E-state index in [1.807, 2.05) is 112 Å². The molecule has 3 saturated heterocycles. The Morgan fingerprint density at radius 2 is 1.45 bits per heavy atom. The Morgan fingerprint density at radius 3 is 2.09 bits per heavy atom. The third-order valence-corrected chi connectivity index (χ3v) is 19.9. The molecule has 5 aliphatic rings. The van der Waals surface area contributed by atoms with E-state index < -0.39 is 109 Å². The number of Topliss-reactive ketones (excluding diaryl/α,β-unsaturated/α-hetero) is 3. The van der Waals surface area contributed by atoms with Crippen molar-refractivity contribution in [2.45, 2.75) is 167 Å². The van der Waals surface area contributed by atoms with E-state index in [0.717, 1.165) is 5.57 Å². The van der Waals surface area contributed by atoms with Gasteiger partial charge in [-0.25, -0.2) is 4.79 Å². The van der Waals surface area contributed by atoms with E-state index in [-0.39, 0.29) is 36.4 Å². The first-order valence-corrected chi connectivity index (χ1v) is 29.7. The normalized spacial score (nSPS) is 37.7. The number of fused-ring (bicyclic) bond motifs is 4. The number of ketones is 3. The number of methoxy groups -OCH3 is 3. The van der Waals surface area contributed by atoms with E-state index in [9.17, 15) is 34.2 Å². The van der Waals surface area contributed by atoms with Crippen LogP contribution in [0.25, 0.3) is 0 Å². The third kappa shape index (κ3) is 13.9. The molecule has 7 rings (SSSR count). The summed E-state index contributed by atoms with van der Waals surface area (Å²) in [5.74, 6) is -8.93. The van der Waals surface area contributed by atoms with Gasteiger partial charge in [0.25, 0.3) is 19.1 Å². The van der Waals surface area contributed by atoms with E-state index in [2.05, 4.69) is 0 Å². The largest absolute Gasteiger partial charge is 0.460 e. The van der Waals surface area contributed by atoms with Crippen LogP contribution in [0.3, 0.4) is 0 Å². The zero-order chi connectivity index (χ0) is 56.5. The second-order valence-corrected chi connectivity index (χ2v) is 25.2. The van der Waals surface area contributed by atoms with Crippen LogP contribution in [0.2, 0.25) is 0 Å². The van der Waals surface area contributed by atoms with Crippen LogP contribution < -0.4 is 10.6 Å². The monoisotopic (exact) mass is 1100 g/mol. The molecule has 426 valence electrons. The number of rotatable bonds is 9. The van der Waals surface area contributed by atoms with Crippen LogP contribution in [0.1, 0.15) is 112 Å². The average molecular weight is 1100 g/mol. The van der Waals surface area contributed by atoms with Crippen LogP contribution >= 0.6 is 7.37 Å². The van der Waals surface area contributed by atoms with Crippen molar-refractivity contribution < 1.29 is 67.0 Å². The van der Waals surface area contributed by atoms with Gasteiger partial charge in [-0.2, -0.15) is 0 Å². The molecule has 16 atom stereocenters. The fourth-order valence-corrected chi connectivity index (χ4v) is 15.0. The van der Waals surface area contributed by atoms with Crippen molar-refractivity contribution in [3.63, 3.8) is 0 Å². The molecule has 1 saturated carbocycles. The second kappa shape index (κ2) is 27.2. The predicted molar refractivity (Wildman–Crippen MR) is 297 cm³/mol. The Kier molecular flexibility index (Phi) is 21.2. The number of hydrogen-bond donors (Lipinski definition) is 2. The van der Waals surface area contributed by atoms with E-state index in [4.69, 9.17) is 28.2 Å². The molecule has 2 aromatic rings. The first kappa shape index (κ1) is 60.9. The number of amides is 1. The minimum Gasteiger partial charge on any atom is -0.460 e. The summed E-state index contributed by atoms with van der Waals surface area (Å²) in [6.07, 6.45) is 10.2. The smallest absolute Gasteiger partial charge is 0.329 e. The first-order valence-electron chi connectivity index (χ1n) is 28.1. The van der Waals surface area contributed by atoms with Gasteiger partial charge in [0.2, 0.25) is 5.79 Å². The van der Waals surface area contributed by atoms with E-state index >= 15 is 4.57 Å². The summed E-state index contributed by atoms with van der Waals surface area (Å²) in [6, 6.07) is 17.1. The quantitative estimate of drug-likeness (QED) is 0.105. The van der Waals surface area contributed by atoms with Crippen LogP contribution in [0, 0.1) is 41.4 Å². The van der Waals surface area contributed by atoms with Gasteiger partial charge in [0.05, 0.1) is 24.4 Å². The summed E-state index contributed by atoms with van der Waals surface area (Å²) in [5, 5.41) is 24.9. The van der Waals surface area contributed by atoms with Gasteiger partial charge in [0.1, 0.15) is 30.1 Å². The summed E-state index contributed by atoms with van der Waals surface area (Å²) in [4.78, 5) is 73.5. The predicted octanol–water partition coefficient (Wildman–Crippen LogP) is 8.35. The molecule has 4 heterocycles. The molecule has 2 aromatic carbocycles. The van der Waals surface area contributed by atoms with Gasteiger partial charge in [-0.1, -0.05) is 101 Å². The minimum atomic E-state index is -3.58. The van der Waals surface area contributed by atoms with E-state index in [1.165, 1.54) is 12.0 Å². The Bertz CT molecular complexity index is 2540. The number of benzene rings is 2. The maximum Gasteiger partial charge on any atom is 0.329 e. The molecule has 78 heavy (non-hydrogen) atoms. The molecule has 1 amide bonds. The van der Waals surface area contributed by atoms with Gasteiger partial charge in [-0.15, -0.1) is 0 Å². The summed E-state index contributed by atoms with van der Waals surface area (Å²) < 4.78 is 52.1. The highest BCUT2D eigenvalue weighted by atomic mass is 31.2. The number of allylic oxidation sites excluding steroid dienone is 6. The lowest BCUT2D eigenvalue weighted by Gasteiger charge is -2.50. The van der Waals surface area contributed by atoms with Gasteiger partial charge in [-0.3, -0.25) is 23.7 Å². The average Bonchev–Trinajstić information content (AvgIpc) is 3.49. The van der Waals surface area contributed by atoms with E-state index in [0.29, 0.717) is 80.4 Å². The molecule has 0 aromatic heterocycles. The lowest BCUT2D eigenvalue weighted by Crippen LogP contribution is -2.65. The number of carbonyl (C=O) groups is 5. The second-order valence-electron chi connectivity index (χ2n) is 22.8. The molecule has 5 unspecified atom stereocenters. The zero-order valence-electron chi connectivity index (χ0n) is 47.1. The lowest BCUT2D eigenvalue weighted by molar-refractivity contribution is -0.266. The maximum absolute atomic E-state index is 15.1. The van der Waals surface area contributed by atoms with Crippen LogP contribution in [0.5, 0.6) is 0 Å². The molecular formula is C62H84NO14P.